The summed E-state index contributed by atoms with van der Waals surface area (Å²) in [7, 11) is -3.62. The zero-order valence-electron chi connectivity index (χ0n) is 10.8. The normalized spacial score (nSPS) is 18.7. The number of benzene rings is 1. The Labute approximate surface area is 122 Å². The highest BCUT2D eigenvalue weighted by Gasteiger charge is 2.37. The maximum Gasteiger partial charge on any atom is 0.242 e. The first kappa shape index (κ1) is 15.0. The first-order valence-electron chi connectivity index (χ1n) is 6.30. The summed E-state index contributed by atoms with van der Waals surface area (Å²) in [6, 6.07) is 5.12. The number of halogens is 1. The molecule has 1 aliphatic carbocycles. The molecule has 0 radical (unpaired) electrons. The highest BCUT2D eigenvalue weighted by atomic mass is 79.9. The summed E-state index contributed by atoms with van der Waals surface area (Å²) in [5.74, 6) is 0. The molecule has 1 aliphatic rings. The van der Waals surface area contributed by atoms with Gasteiger partial charge in [0.05, 0.1) is 17.0 Å². The fourth-order valence-corrected chi connectivity index (χ4v) is 5.15. The van der Waals surface area contributed by atoms with Crippen LogP contribution in [-0.4, -0.2) is 25.7 Å². The van der Waals surface area contributed by atoms with Crippen LogP contribution in [0.3, 0.4) is 0 Å². The van der Waals surface area contributed by atoms with Gasteiger partial charge in [-0.05, 0) is 53.4 Å². The fraction of sp³-hybridized carbons (Fsp3) is 0.538. The smallest absolute Gasteiger partial charge is 0.242 e. The number of sulfonamides is 1. The topological polar surface area (TPSA) is 66.4 Å². The minimum absolute atomic E-state index is 0.157. The third-order valence-corrected chi connectivity index (χ3v) is 6.15. The van der Waals surface area contributed by atoms with E-state index < -0.39 is 15.6 Å². The molecule has 0 aromatic heterocycles. The lowest BCUT2D eigenvalue weighted by atomic mass is 10.0. The van der Waals surface area contributed by atoms with Gasteiger partial charge in [0, 0.05) is 4.47 Å². The molecule has 1 fully saturated rings. The summed E-state index contributed by atoms with van der Waals surface area (Å²) in [4.78, 5) is 0.220. The molecule has 2 N–H and O–H groups in total. The SMILES string of the molecule is Cc1ccc(S(=O)(=O)NC2(CO)CCCC2)c(Br)c1. The van der Waals surface area contributed by atoms with Crippen LogP contribution in [0.25, 0.3) is 0 Å². The number of aryl methyl sites for hydroxylation is 1. The van der Waals surface area contributed by atoms with Crippen molar-refractivity contribution in [2.45, 2.75) is 43.0 Å². The molecule has 4 nitrogen and oxygen atoms in total. The number of aliphatic hydroxyl groups is 1. The van der Waals surface area contributed by atoms with Crippen molar-refractivity contribution in [1.29, 1.82) is 0 Å². The molecule has 2 rings (SSSR count). The van der Waals surface area contributed by atoms with Crippen LogP contribution in [0.15, 0.2) is 27.6 Å². The van der Waals surface area contributed by atoms with E-state index in [1.54, 1.807) is 18.2 Å². The van der Waals surface area contributed by atoms with E-state index in [0.29, 0.717) is 17.3 Å². The van der Waals surface area contributed by atoms with E-state index in [2.05, 4.69) is 20.7 Å². The van der Waals surface area contributed by atoms with Crippen molar-refractivity contribution >= 4 is 26.0 Å². The Bertz CT molecular complexity index is 565. The summed E-state index contributed by atoms with van der Waals surface area (Å²) < 4.78 is 28.1. The summed E-state index contributed by atoms with van der Waals surface area (Å²) in [5.41, 5.74) is 0.298. The number of nitrogens with one attached hydrogen (secondary N) is 1. The van der Waals surface area contributed by atoms with Crippen LogP contribution in [0.2, 0.25) is 0 Å². The van der Waals surface area contributed by atoms with Crippen LogP contribution in [0.1, 0.15) is 31.2 Å². The van der Waals surface area contributed by atoms with Gasteiger partial charge < -0.3 is 5.11 Å². The summed E-state index contributed by atoms with van der Waals surface area (Å²) in [5, 5.41) is 9.50. The van der Waals surface area contributed by atoms with Crippen molar-refractivity contribution in [2.24, 2.45) is 0 Å². The highest BCUT2D eigenvalue weighted by Crippen LogP contribution is 2.32. The standard InChI is InChI=1S/C13H18BrNO3S/c1-10-4-5-12(11(14)8-10)19(17,18)15-13(9-16)6-2-3-7-13/h4-5,8,15-16H,2-3,6-7,9H2,1H3. The molecule has 0 aliphatic heterocycles. The minimum atomic E-state index is -3.62. The van der Waals surface area contributed by atoms with E-state index in [1.165, 1.54) is 0 Å². The lowest BCUT2D eigenvalue weighted by molar-refractivity contribution is 0.185. The van der Waals surface area contributed by atoms with Gasteiger partial charge in [-0.15, -0.1) is 0 Å². The molecular weight excluding hydrogens is 330 g/mol. The maximum atomic E-state index is 12.4. The molecule has 0 unspecified atom stereocenters. The Hall–Kier alpha value is -0.430. The van der Waals surface area contributed by atoms with Gasteiger partial charge in [-0.25, -0.2) is 13.1 Å². The summed E-state index contributed by atoms with van der Waals surface area (Å²) >= 11 is 3.29. The molecule has 0 spiro atoms. The zero-order valence-corrected chi connectivity index (χ0v) is 13.2. The van der Waals surface area contributed by atoms with Gasteiger partial charge >= 0.3 is 0 Å². The second-order valence-corrected chi connectivity index (χ2v) is 7.69. The third-order valence-electron chi connectivity index (χ3n) is 3.59. The molecule has 0 atom stereocenters. The van der Waals surface area contributed by atoms with Crippen LogP contribution in [-0.2, 0) is 10.0 Å². The van der Waals surface area contributed by atoms with Crippen molar-refractivity contribution in [3.63, 3.8) is 0 Å². The van der Waals surface area contributed by atoms with Crippen molar-refractivity contribution in [1.82, 2.24) is 4.72 Å². The minimum Gasteiger partial charge on any atom is -0.394 e. The molecule has 0 amide bonds. The van der Waals surface area contributed by atoms with Crippen LogP contribution < -0.4 is 4.72 Å². The van der Waals surface area contributed by atoms with Crippen LogP contribution >= 0.6 is 15.9 Å². The Morgan fingerprint density at radius 3 is 2.53 bits per heavy atom. The molecule has 19 heavy (non-hydrogen) atoms. The van der Waals surface area contributed by atoms with E-state index in [1.807, 2.05) is 6.92 Å². The van der Waals surface area contributed by atoms with E-state index in [0.717, 1.165) is 18.4 Å². The Balaban J connectivity index is 2.32. The predicted molar refractivity (Wildman–Crippen MR) is 77.5 cm³/mol. The number of rotatable bonds is 4. The Morgan fingerprint density at radius 1 is 1.37 bits per heavy atom. The van der Waals surface area contributed by atoms with Crippen molar-refractivity contribution in [3.05, 3.63) is 28.2 Å². The molecular formula is C13H18BrNO3S. The average Bonchev–Trinajstić information content (AvgIpc) is 2.77. The second kappa shape index (κ2) is 5.52. The molecule has 0 bridgehead atoms. The van der Waals surface area contributed by atoms with Crippen LogP contribution in [0.4, 0.5) is 0 Å². The van der Waals surface area contributed by atoms with E-state index in [9.17, 15) is 13.5 Å². The summed E-state index contributed by atoms with van der Waals surface area (Å²) in [6.07, 6.45) is 3.26. The number of hydrogen-bond donors (Lipinski definition) is 2. The first-order valence-corrected chi connectivity index (χ1v) is 8.57. The van der Waals surface area contributed by atoms with E-state index in [-0.39, 0.29) is 11.5 Å². The Kier molecular flexibility index (Phi) is 4.35. The molecule has 1 aromatic rings. The fourth-order valence-electron chi connectivity index (χ4n) is 2.51. The monoisotopic (exact) mass is 347 g/mol. The van der Waals surface area contributed by atoms with Gasteiger partial charge in [-0.1, -0.05) is 18.9 Å². The predicted octanol–water partition coefficient (Wildman–Crippen LogP) is 2.34. The van der Waals surface area contributed by atoms with Gasteiger partial charge in [0.15, 0.2) is 0 Å². The lowest BCUT2D eigenvalue weighted by Crippen LogP contribution is -2.49. The van der Waals surface area contributed by atoms with Crippen molar-refractivity contribution < 1.29 is 13.5 Å². The van der Waals surface area contributed by atoms with Gasteiger partial charge in [-0.2, -0.15) is 0 Å². The van der Waals surface area contributed by atoms with Crippen molar-refractivity contribution in [2.75, 3.05) is 6.61 Å². The quantitative estimate of drug-likeness (QED) is 0.878. The van der Waals surface area contributed by atoms with Gasteiger partial charge in [-0.3, -0.25) is 0 Å². The highest BCUT2D eigenvalue weighted by molar-refractivity contribution is 9.10. The molecule has 6 heteroatoms. The molecule has 106 valence electrons. The third kappa shape index (κ3) is 3.18. The second-order valence-electron chi connectivity index (χ2n) is 5.18. The maximum absolute atomic E-state index is 12.4. The van der Waals surface area contributed by atoms with E-state index >= 15 is 0 Å². The molecule has 1 aromatic carbocycles. The number of hydrogen-bond acceptors (Lipinski definition) is 3. The lowest BCUT2D eigenvalue weighted by Gasteiger charge is -2.27. The molecule has 1 saturated carbocycles. The molecule has 0 heterocycles. The van der Waals surface area contributed by atoms with Crippen LogP contribution in [0.5, 0.6) is 0 Å². The largest absolute Gasteiger partial charge is 0.394 e. The summed E-state index contributed by atoms with van der Waals surface area (Å²) in [6.45, 7) is 1.75. The van der Waals surface area contributed by atoms with Crippen molar-refractivity contribution in [3.8, 4) is 0 Å². The van der Waals surface area contributed by atoms with E-state index in [4.69, 9.17) is 0 Å². The zero-order chi connectivity index (χ0) is 14.1. The number of aliphatic hydroxyl groups excluding tert-OH is 1. The molecule has 0 saturated heterocycles. The Morgan fingerprint density at radius 2 is 2.00 bits per heavy atom. The van der Waals surface area contributed by atoms with Gasteiger partial charge in [0.2, 0.25) is 10.0 Å². The van der Waals surface area contributed by atoms with Crippen LogP contribution in [0, 0.1) is 6.92 Å². The van der Waals surface area contributed by atoms with Gasteiger partial charge in [0.25, 0.3) is 0 Å². The van der Waals surface area contributed by atoms with Gasteiger partial charge in [0.1, 0.15) is 0 Å². The average molecular weight is 348 g/mol. The first-order chi connectivity index (χ1) is 8.88.